The monoisotopic (exact) mass is 297 g/mol. The first-order valence-corrected chi connectivity index (χ1v) is 8.65. The van der Waals surface area contributed by atoms with Crippen LogP contribution in [-0.2, 0) is 13.0 Å². The molecular weight excluding hydrogens is 266 g/mol. The van der Waals surface area contributed by atoms with Gasteiger partial charge in [0.2, 0.25) is 0 Å². The molecule has 0 aliphatic carbocycles. The zero-order valence-electron chi connectivity index (χ0n) is 14.9. The molecule has 2 aromatic rings. The summed E-state index contributed by atoms with van der Waals surface area (Å²) < 4.78 is 0. The Labute approximate surface area is 136 Å². The van der Waals surface area contributed by atoms with Gasteiger partial charge in [0.05, 0.1) is 0 Å². The van der Waals surface area contributed by atoms with Gasteiger partial charge in [0.15, 0.2) is 0 Å². The molecule has 0 saturated heterocycles. The molecule has 0 fully saturated rings. The normalized spacial score (nSPS) is 12.3. The molecule has 0 aliphatic rings. The molecule has 0 aromatic heterocycles. The molecule has 2 rings (SSSR count). The maximum absolute atomic E-state index is 2.46. The molecule has 0 saturated carbocycles. The van der Waals surface area contributed by atoms with Crippen LogP contribution in [0.25, 0.3) is 10.8 Å². The summed E-state index contributed by atoms with van der Waals surface area (Å²) in [4.78, 5) is 2.46. The average Bonchev–Trinajstić information content (AvgIpc) is 2.49. The summed E-state index contributed by atoms with van der Waals surface area (Å²) in [7, 11) is 0. The molecule has 0 radical (unpaired) electrons. The summed E-state index contributed by atoms with van der Waals surface area (Å²) in [6.45, 7) is 14.7. The predicted molar refractivity (Wildman–Crippen MR) is 98.3 cm³/mol. The van der Waals surface area contributed by atoms with Gasteiger partial charge >= 0.3 is 0 Å². The van der Waals surface area contributed by atoms with Gasteiger partial charge in [0.25, 0.3) is 0 Å². The van der Waals surface area contributed by atoms with E-state index >= 15 is 0 Å². The quantitative estimate of drug-likeness (QED) is 0.665. The molecule has 0 N–H and O–H groups in total. The number of nitrogens with zero attached hydrogens (tertiary/aromatic N) is 1. The molecule has 0 unspecified atom stereocenters. The Morgan fingerprint density at radius 1 is 0.818 bits per heavy atom. The van der Waals surface area contributed by atoms with Crippen LogP contribution >= 0.6 is 0 Å². The van der Waals surface area contributed by atoms with Gasteiger partial charge in [-0.1, -0.05) is 65.0 Å². The van der Waals surface area contributed by atoms with Crippen LogP contribution in [0.2, 0.25) is 0 Å². The van der Waals surface area contributed by atoms with Crippen molar-refractivity contribution in [1.29, 1.82) is 0 Å². The smallest absolute Gasteiger partial charge is 0.0233 e. The zero-order chi connectivity index (χ0) is 16.2. The Hall–Kier alpha value is -1.34. The van der Waals surface area contributed by atoms with E-state index in [4.69, 9.17) is 0 Å². The van der Waals surface area contributed by atoms with E-state index in [1.54, 1.807) is 0 Å². The van der Waals surface area contributed by atoms with Crippen LogP contribution in [0.5, 0.6) is 0 Å². The van der Waals surface area contributed by atoms with Gasteiger partial charge in [0.1, 0.15) is 0 Å². The Bertz CT molecular complexity index is 603. The number of hydrogen-bond donors (Lipinski definition) is 0. The summed E-state index contributed by atoms with van der Waals surface area (Å²) in [5.41, 5.74) is 3.28. The first-order chi connectivity index (χ1) is 10.4. The number of benzene rings is 2. The van der Waals surface area contributed by atoms with Crippen LogP contribution in [0.15, 0.2) is 36.4 Å². The molecule has 1 heteroatoms. The molecule has 22 heavy (non-hydrogen) atoms. The molecule has 0 spiro atoms. The maximum Gasteiger partial charge on any atom is 0.0233 e. The lowest BCUT2D eigenvalue weighted by atomic mass is 9.88. The zero-order valence-corrected chi connectivity index (χ0v) is 14.9. The van der Waals surface area contributed by atoms with Crippen molar-refractivity contribution < 1.29 is 0 Å². The number of rotatable bonds is 6. The van der Waals surface area contributed by atoms with Gasteiger partial charge in [0, 0.05) is 6.54 Å². The summed E-state index contributed by atoms with van der Waals surface area (Å²) in [6.07, 6.45) is 2.40. The second-order valence-electron chi connectivity index (χ2n) is 7.54. The minimum absolute atomic E-state index is 0.405. The minimum Gasteiger partial charge on any atom is -0.300 e. The molecule has 120 valence electrons. The fourth-order valence-corrected chi connectivity index (χ4v) is 2.82. The standard InChI is InChI=1S/C21H31N/c1-6-22(7-2)16-18-9-11-19-14-17(8-10-20(19)15-18)12-13-21(3,4)5/h8-11,14-15H,6-7,12-13,16H2,1-5H3. The predicted octanol–water partition coefficient (Wildman–Crippen LogP) is 5.66. The second-order valence-corrected chi connectivity index (χ2v) is 7.54. The van der Waals surface area contributed by atoms with Crippen molar-refractivity contribution in [2.75, 3.05) is 13.1 Å². The topological polar surface area (TPSA) is 3.24 Å². The van der Waals surface area contributed by atoms with Crippen LogP contribution < -0.4 is 0 Å². The van der Waals surface area contributed by atoms with Gasteiger partial charge < -0.3 is 0 Å². The minimum atomic E-state index is 0.405. The van der Waals surface area contributed by atoms with E-state index < -0.39 is 0 Å². The summed E-state index contributed by atoms with van der Waals surface area (Å²) >= 11 is 0. The molecule has 0 aliphatic heterocycles. The van der Waals surface area contributed by atoms with Crippen molar-refractivity contribution in [3.8, 4) is 0 Å². The second kappa shape index (κ2) is 7.28. The lowest BCUT2D eigenvalue weighted by Gasteiger charge is -2.19. The van der Waals surface area contributed by atoms with Crippen molar-refractivity contribution in [2.24, 2.45) is 5.41 Å². The van der Waals surface area contributed by atoms with E-state index in [0.717, 1.165) is 19.6 Å². The third-order valence-electron chi connectivity index (χ3n) is 4.43. The summed E-state index contributed by atoms with van der Waals surface area (Å²) in [6, 6.07) is 13.9. The summed E-state index contributed by atoms with van der Waals surface area (Å²) in [5.74, 6) is 0. The molecule has 0 bridgehead atoms. The van der Waals surface area contributed by atoms with Crippen molar-refractivity contribution in [3.05, 3.63) is 47.5 Å². The van der Waals surface area contributed by atoms with Gasteiger partial charge in [-0.05, 0) is 59.3 Å². The molecular formula is C21H31N. The fourth-order valence-electron chi connectivity index (χ4n) is 2.82. The van der Waals surface area contributed by atoms with Crippen LogP contribution in [0.1, 0.15) is 52.2 Å². The number of aryl methyl sites for hydroxylation is 1. The highest BCUT2D eigenvalue weighted by molar-refractivity contribution is 5.83. The van der Waals surface area contributed by atoms with E-state index in [2.05, 4.69) is 75.9 Å². The number of hydrogen-bond acceptors (Lipinski definition) is 1. The van der Waals surface area contributed by atoms with Crippen LogP contribution in [0.4, 0.5) is 0 Å². The lowest BCUT2D eigenvalue weighted by molar-refractivity contribution is 0.296. The van der Waals surface area contributed by atoms with Crippen molar-refractivity contribution in [2.45, 2.75) is 54.0 Å². The van der Waals surface area contributed by atoms with Gasteiger partial charge in [-0.3, -0.25) is 4.90 Å². The average molecular weight is 297 g/mol. The highest BCUT2D eigenvalue weighted by Crippen LogP contribution is 2.24. The largest absolute Gasteiger partial charge is 0.300 e. The van der Waals surface area contributed by atoms with E-state index in [-0.39, 0.29) is 0 Å². The third-order valence-corrected chi connectivity index (χ3v) is 4.43. The highest BCUT2D eigenvalue weighted by atomic mass is 15.1. The molecule has 2 aromatic carbocycles. The first-order valence-electron chi connectivity index (χ1n) is 8.65. The molecule has 0 amide bonds. The first kappa shape index (κ1) is 17.0. The lowest BCUT2D eigenvalue weighted by Crippen LogP contribution is -2.21. The highest BCUT2D eigenvalue weighted by Gasteiger charge is 2.10. The van der Waals surface area contributed by atoms with Crippen LogP contribution in [-0.4, -0.2) is 18.0 Å². The number of fused-ring (bicyclic) bond motifs is 1. The Balaban J connectivity index is 2.14. The van der Waals surface area contributed by atoms with E-state index in [9.17, 15) is 0 Å². The van der Waals surface area contributed by atoms with Gasteiger partial charge in [-0.25, -0.2) is 0 Å². The third kappa shape index (κ3) is 4.84. The maximum atomic E-state index is 2.46. The van der Waals surface area contributed by atoms with E-state index in [1.165, 1.54) is 34.7 Å². The Kier molecular flexibility index (Phi) is 5.63. The van der Waals surface area contributed by atoms with Crippen molar-refractivity contribution in [1.82, 2.24) is 4.90 Å². The molecule has 0 atom stereocenters. The van der Waals surface area contributed by atoms with Gasteiger partial charge in [-0.2, -0.15) is 0 Å². The van der Waals surface area contributed by atoms with Crippen molar-refractivity contribution >= 4 is 10.8 Å². The van der Waals surface area contributed by atoms with E-state index in [1.807, 2.05) is 0 Å². The fraction of sp³-hybridized carbons (Fsp3) is 0.524. The SMILES string of the molecule is CCN(CC)Cc1ccc2cc(CCC(C)(C)C)ccc2c1. The van der Waals surface area contributed by atoms with Crippen LogP contribution in [0.3, 0.4) is 0 Å². The Morgan fingerprint density at radius 3 is 1.91 bits per heavy atom. The van der Waals surface area contributed by atoms with E-state index in [0.29, 0.717) is 5.41 Å². The van der Waals surface area contributed by atoms with Gasteiger partial charge in [-0.15, -0.1) is 0 Å². The van der Waals surface area contributed by atoms with Crippen molar-refractivity contribution in [3.63, 3.8) is 0 Å². The molecule has 0 heterocycles. The Morgan fingerprint density at radius 2 is 1.36 bits per heavy atom. The summed E-state index contributed by atoms with van der Waals surface area (Å²) in [5, 5.41) is 2.74. The molecule has 1 nitrogen and oxygen atoms in total. The van der Waals surface area contributed by atoms with Crippen LogP contribution in [0, 0.1) is 5.41 Å².